The van der Waals surface area contributed by atoms with E-state index in [1.165, 1.54) is 23.6 Å². The summed E-state index contributed by atoms with van der Waals surface area (Å²) < 4.78 is 0. The number of hydrogen-bond donors (Lipinski definition) is 3. The maximum Gasteiger partial charge on any atom is 0.325 e. The van der Waals surface area contributed by atoms with Crippen molar-refractivity contribution < 1.29 is 14.7 Å². The Kier molecular flexibility index (Phi) is 5.43. The molecule has 9 heteroatoms. The van der Waals surface area contributed by atoms with Crippen LogP contribution in [0.15, 0.2) is 4.79 Å². The molecule has 0 spiro atoms. The van der Waals surface area contributed by atoms with E-state index in [1.807, 2.05) is 0 Å². The lowest BCUT2D eigenvalue weighted by Crippen LogP contribution is -2.38. The third-order valence-electron chi connectivity index (χ3n) is 4.08. The highest BCUT2D eigenvalue weighted by Crippen LogP contribution is 2.34. The van der Waals surface area contributed by atoms with Gasteiger partial charge in [0.15, 0.2) is 0 Å². The van der Waals surface area contributed by atoms with Gasteiger partial charge in [-0.2, -0.15) is 11.8 Å². The first-order valence-corrected chi connectivity index (χ1v) is 10.1. The van der Waals surface area contributed by atoms with Crippen molar-refractivity contribution in [3.63, 3.8) is 0 Å². The summed E-state index contributed by atoms with van der Waals surface area (Å²) in [4.78, 5) is 44.1. The molecule has 1 aliphatic rings. The number of nitrogens with zero attached hydrogens (tertiary/aromatic N) is 1. The van der Waals surface area contributed by atoms with E-state index >= 15 is 0 Å². The van der Waals surface area contributed by atoms with Crippen LogP contribution in [0.25, 0.3) is 10.2 Å². The second kappa shape index (κ2) is 7.57. The summed E-state index contributed by atoms with van der Waals surface area (Å²) in [5, 5.41) is 11.9. The Morgan fingerprint density at radius 3 is 3.00 bits per heavy atom. The number of carbonyl (C=O) groups is 2. The smallest absolute Gasteiger partial charge is 0.325 e. The molecule has 2 aromatic rings. The minimum atomic E-state index is -1.06. The number of aromatic nitrogens is 2. The molecule has 0 radical (unpaired) electrons. The molecule has 7 nitrogen and oxygen atoms in total. The molecule has 0 saturated heterocycles. The van der Waals surface area contributed by atoms with Crippen molar-refractivity contribution in [1.82, 2.24) is 15.3 Å². The number of fused-ring (bicyclic) bond motifs is 3. The van der Waals surface area contributed by atoms with Gasteiger partial charge in [-0.3, -0.25) is 14.4 Å². The fraction of sp³-hybridized carbons (Fsp3) is 0.500. The van der Waals surface area contributed by atoms with Gasteiger partial charge in [0.25, 0.3) is 5.56 Å². The molecule has 0 aromatic carbocycles. The monoisotopic (exact) mass is 381 g/mol. The normalized spacial score (nSPS) is 14.4. The molecule has 0 fully saturated rings. The molecule has 1 aliphatic carbocycles. The number of nitrogens with one attached hydrogen (secondary N) is 2. The number of rotatable bonds is 7. The number of aryl methyl sites for hydroxylation is 2. The van der Waals surface area contributed by atoms with Crippen molar-refractivity contribution in [2.45, 2.75) is 44.4 Å². The average Bonchev–Trinajstić information content (AvgIpc) is 3.11. The summed E-state index contributed by atoms with van der Waals surface area (Å²) in [5.74, 6) is 0.297. The van der Waals surface area contributed by atoms with E-state index in [0.717, 1.165) is 35.0 Å². The zero-order valence-corrected chi connectivity index (χ0v) is 15.4. The number of aromatic amines is 1. The van der Waals surface area contributed by atoms with E-state index in [4.69, 9.17) is 5.11 Å². The van der Waals surface area contributed by atoms with Crippen molar-refractivity contribution in [1.29, 1.82) is 0 Å². The van der Waals surface area contributed by atoms with Crippen LogP contribution in [-0.4, -0.2) is 38.7 Å². The molecule has 25 heavy (non-hydrogen) atoms. The largest absolute Gasteiger partial charge is 0.480 e. The third kappa shape index (κ3) is 4.04. The summed E-state index contributed by atoms with van der Waals surface area (Å²) in [7, 11) is 0. The van der Waals surface area contributed by atoms with Gasteiger partial charge < -0.3 is 15.4 Å². The van der Waals surface area contributed by atoms with Crippen LogP contribution in [0.1, 0.15) is 36.0 Å². The number of carboxylic acid groups (broad SMARTS) is 1. The fourth-order valence-corrected chi connectivity index (χ4v) is 4.91. The number of H-pyrrole nitrogens is 1. The Morgan fingerprint density at radius 2 is 2.24 bits per heavy atom. The van der Waals surface area contributed by atoms with Crippen molar-refractivity contribution in [3.05, 3.63) is 26.6 Å². The molecule has 0 unspecified atom stereocenters. The van der Waals surface area contributed by atoms with Crippen LogP contribution in [0.3, 0.4) is 0 Å². The Hall–Kier alpha value is -1.87. The van der Waals surface area contributed by atoms with E-state index < -0.39 is 12.0 Å². The van der Waals surface area contributed by atoms with Gasteiger partial charge in [-0.15, -0.1) is 11.3 Å². The van der Waals surface area contributed by atoms with E-state index in [-0.39, 0.29) is 17.9 Å². The van der Waals surface area contributed by atoms with Crippen molar-refractivity contribution in [3.8, 4) is 0 Å². The van der Waals surface area contributed by atoms with Crippen molar-refractivity contribution in [2.24, 2.45) is 0 Å². The topological polar surface area (TPSA) is 112 Å². The van der Waals surface area contributed by atoms with Crippen LogP contribution >= 0.6 is 23.1 Å². The number of thioether (sulfide) groups is 1. The first-order valence-electron chi connectivity index (χ1n) is 8.09. The second-order valence-corrected chi connectivity index (χ2v) is 8.17. The van der Waals surface area contributed by atoms with E-state index in [9.17, 15) is 14.4 Å². The molecule has 0 bridgehead atoms. The van der Waals surface area contributed by atoms with Crippen LogP contribution < -0.4 is 10.9 Å². The molecule has 2 heterocycles. The third-order valence-corrected chi connectivity index (χ3v) is 6.24. The van der Waals surface area contributed by atoms with E-state index in [1.54, 1.807) is 11.3 Å². The van der Waals surface area contributed by atoms with Crippen molar-refractivity contribution >= 4 is 45.2 Å². The van der Waals surface area contributed by atoms with Gasteiger partial charge in [0.05, 0.1) is 11.1 Å². The van der Waals surface area contributed by atoms with Gasteiger partial charge in [-0.05, 0) is 31.7 Å². The summed E-state index contributed by atoms with van der Waals surface area (Å²) in [6.07, 6.45) is 3.32. The minimum Gasteiger partial charge on any atom is -0.480 e. The van der Waals surface area contributed by atoms with E-state index in [2.05, 4.69) is 15.3 Å². The van der Waals surface area contributed by atoms with Gasteiger partial charge in [0, 0.05) is 17.1 Å². The lowest BCUT2D eigenvalue weighted by atomic mass is 10.2. The van der Waals surface area contributed by atoms with Gasteiger partial charge in [0.2, 0.25) is 5.91 Å². The summed E-state index contributed by atoms with van der Waals surface area (Å²) in [6.45, 7) is 1.43. The van der Waals surface area contributed by atoms with E-state index in [0.29, 0.717) is 17.3 Å². The number of carbonyl (C=O) groups excluding carboxylic acids is 1. The Balaban J connectivity index is 1.55. The fourth-order valence-electron chi connectivity index (χ4n) is 2.82. The summed E-state index contributed by atoms with van der Waals surface area (Å²) >= 11 is 3.09. The number of thiophene rings is 1. The first-order chi connectivity index (χ1) is 12.0. The summed E-state index contributed by atoms with van der Waals surface area (Å²) in [5.41, 5.74) is 1.09. The van der Waals surface area contributed by atoms with Crippen LogP contribution in [0, 0.1) is 0 Å². The minimum absolute atomic E-state index is 0.0759. The SMILES string of the molecule is C[C@@H](NC(=O)CCSCc1nc2sc3c(c2c(=O)[nH]1)CCC3)C(=O)O. The number of aliphatic carboxylic acids is 1. The number of amides is 1. The Morgan fingerprint density at radius 1 is 1.44 bits per heavy atom. The predicted octanol–water partition coefficient (Wildman–Crippen LogP) is 1.69. The maximum atomic E-state index is 12.3. The molecule has 1 atom stereocenters. The van der Waals surface area contributed by atoms with Crippen LogP contribution in [0.4, 0.5) is 0 Å². The van der Waals surface area contributed by atoms with Crippen LogP contribution in [0.5, 0.6) is 0 Å². The molecular weight excluding hydrogens is 362 g/mol. The number of hydrogen-bond acceptors (Lipinski definition) is 6. The molecule has 3 rings (SSSR count). The molecule has 2 aromatic heterocycles. The Bertz CT molecular complexity index is 874. The quantitative estimate of drug-likeness (QED) is 0.629. The molecule has 1 amide bonds. The molecular formula is C16H19N3O4S2. The van der Waals surface area contributed by atoms with Crippen LogP contribution in [0.2, 0.25) is 0 Å². The zero-order chi connectivity index (χ0) is 18.0. The van der Waals surface area contributed by atoms with Gasteiger partial charge in [0.1, 0.15) is 16.7 Å². The maximum absolute atomic E-state index is 12.3. The highest BCUT2D eigenvalue weighted by atomic mass is 32.2. The summed E-state index contributed by atoms with van der Waals surface area (Å²) in [6, 6.07) is -0.890. The number of carboxylic acids is 1. The lowest BCUT2D eigenvalue weighted by Gasteiger charge is -2.08. The molecule has 3 N–H and O–H groups in total. The molecule has 134 valence electrons. The van der Waals surface area contributed by atoms with Crippen LogP contribution in [-0.2, 0) is 28.2 Å². The predicted molar refractivity (Wildman–Crippen MR) is 98.3 cm³/mol. The van der Waals surface area contributed by atoms with Gasteiger partial charge >= 0.3 is 5.97 Å². The second-order valence-electron chi connectivity index (χ2n) is 5.98. The highest BCUT2D eigenvalue weighted by Gasteiger charge is 2.21. The zero-order valence-electron chi connectivity index (χ0n) is 13.8. The van der Waals surface area contributed by atoms with Crippen molar-refractivity contribution in [2.75, 3.05) is 5.75 Å². The van der Waals surface area contributed by atoms with Gasteiger partial charge in [-0.25, -0.2) is 4.98 Å². The average molecular weight is 381 g/mol. The molecule has 0 saturated carbocycles. The Labute approximate surface area is 152 Å². The lowest BCUT2D eigenvalue weighted by molar-refractivity contribution is -0.141. The molecule has 0 aliphatic heterocycles. The standard InChI is InChI=1S/C16H19N3O4S2/c1-8(16(22)23)17-12(20)5-6-24-7-11-18-14(21)13-9-3-2-4-10(9)25-15(13)19-11/h8H,2-7H2,1H3,(H,17,20)(H,22,23)(H,18,19,21)/t8-/m1/s1. The highest BCUT2D eigenvalue weighted by molar-refractivity contribution is 7.98. The first kappa shape index (κ1) is 17.9. The van der Waals surface area contributed by atoms with Gasteiger partial charge in [-0.1, -0.05) is 0 Å².